The molecule has 0 spiro atoms. The van der Waals surface area contributed by atoms with Crippen LogP contribution in [0.4, 0.5) is 11.4 Å². The standard InChI is InChI=1S/C37H51N3/c1-24(38-32-26(34(3,4)5)18-15-19-27(32)35(6,7)8)30-22-17-23-31(40-30)25(2)39-33-28(36(9,10)11)20-16-21-29(33)37(12,13)14/h15-23H,1-14H3/b38-24+,39-25+. The highest BCUT2D eigenvalue weighted by Gasteiger charge is 2.27. The fourth-order valence-corrected chi connectivity index (χ4v) is 5.04. The third-order valence-electron chi connectivity index (χ3n) is 7.35. The number of aliphatic imine (C=N–C) groups is 2. The van der Waals surface area contributed by atoms with Gasteiger partial charge in [-0.25, -0.2) is 4.98 Å². The van der Waals surface area contributed by atoms with Gasteiger partial charge in [-0.2, -0.15) is 0 Å². The molecule has 0 bridgehead atoms. The molecule has 0 unspecified atom stereocenters. The van der Waals surface area contributed by atoms with Crippen molar-refractivity contribution in [1.29, 1.82) is 0 Å². The second kappa shape index (κ2) is 11.1. The van der Waals surface area contributed by atoms with Crippen molar-refractivity contribution >= 4 is 22.8 Å². The maximum atomic E-state index is 5.25. The molecule has 0 radical (unpaired) electrons. The van der Waals surface area contributed by atoms with Crippen molar-refractivity contribution in [3.63, 3.8) is 0 Å². The fraction of sp³-hybridized carbons (Fsp3) is 0.486. The maximum Gasteiger partial charge on any atom is 0.0849 e. The molecule has 0 saturated carbocycles. The number of hydrogen-bond donors (Lipinski definition) is 0. The number of nitrogens with zero attached hydrogens (tertiary/aromatic N) is 3. The topological polar surface area (TPSA) is 37.6 Å². The van der Waals surface area contributed by atoms with Gasteiger partial charge in [0.15, 0.2) is 0 Å². The number of hydrogen-bond acceptors (Lipinski definition) is 3. The van der Waals surface area contributed by atoms with Crippen LogP contribution in [-0.4, -0.2) is 16.4 Å². The summed E-state index contributed by atoms with van der Waals surface area (Å²) in [5.74, 6) is 0. The molecule has 3 nitrogen and oxygen atoms in total. The molecule has 214 valence electrons. The monoisotopic (exact) mass is 537 g/mol. The Morgan fingerprint density at radius 3 is 0.950 bits per heavy atom. The van der Waals surface area contributed by atoms with Crippen LogP contribution in [0.15, 0.2) is 64.6 Å². The molecule has 0 aliphatic rings. The summed E-state index contributed by atoms with van der Waals surface area (Å²) in [5.41, 5.74) is 10.6. The van der Waals surface area contributed by atoms with E-state index in [0.717, 1.165) is 34.2 Å². The van der Waals surface area contributed by atoms with Crippen LogP contribution in [0.2, 0.25) is 0 Å². The number of aromatic nitrogens is 1. The van der Waals surface area contributed by atoms with Gasteiger partial charge in [0.2, 0.25) is 0 Å². The number of para-hydroxylation sites is 2. The van der Waals surface area contributed by atoms with Gasteiger partial charge in [0.1, 0.15) is 0 Å². The molecule has 40 heavy (non-hydrogen) atoms. The first kappa shape index (κ1) is 31.5. The van der Waals surface area contributed by atoms with Crippen LogP contribution in [0.3, 0.4) is 0 Å². The summed E-state index contributed by atoms with van der Waals surface area (Å²) in [5, 5.41) is 0. The van der Waals surface area contributed by atoms with E-state index in [1.54, 1.807) is 0 Å². The Labute approximate surface area is 244 Å². The Hall–Kier alpha value is -3.07. The van der Waals surface area contributed by atoms with Crippen LogP contribution in [0, 0.1) is 0 Å². The van der Waals surface area contributed by atoms with Crippen molar-refractivity contribution in [2.45, 2.75) is 119 Å². The Bertz CT molecular complexity index is 1250. The van der Waals surface area contributed by atoms with Crippen molar-refractivity contribution < 1.29 is 0 Å². The van der Waals surface area contributed by atoms with E-state index in [1.165, 1.54) is 22.3 Å². The van der Waals surface area contributed by atoms with Crippen LogP contribution < -0.4 is 0 Å². The highest BCUT2D eigenvalue weighted by Crippen LogP contribution is 2.41. The summed E-state index contributed by atoms with van der Waals surface area (Å²) in [7, 11) is 0. The average Bonchev–Trinajstić information content (AvgIpc) is 2.81. The van der Waals surface area contributed by atoms with Crippen LogP contribution in [0.1, 0.15) is 131 Å². The normalized spacial score (nSPS) is 14.1. The largest absolute Gasteiger partial charge is 0.251 e. The molecule has 1 heterocycles. The van der Waals surface area contributed by atoms with Crippen molar-refractivity contribution in [3.05, 3.63) is 88.2 Å². The first-order valence-corrected chi connectivity index (χ1v) is 14.6. The van der Waals surface area contributed by atoms with Gasteiger partial charge in [-0.15, -0.1) is 0 Å². The Balaban J connectivity index is 2.17. The van der Waals surface area contributed by atoms with E-state index in [2.05, 4.69) is 152 Å². The first-order chi connectivity index (χ1) is 18.2. The van der Waals surface area contributed by atoms with E-state index in [1.807, 2.05) is 0 Å². The lowest BCUT2D eigenvalue weighted by Crippen LogP contribution is -2.17. The minimum Gasteiger partial charge on any atom is -0.251 e. The molecule has 3 aromatic rings. The predicted molar refractivity (Wildman–Crippen MR) is 176 cm³/mol. The average molecular weight is 538 g/mol. The molecule has 0 atom stereocenters. The van der Waals surface area contributed by atoms with Gasteiger partial charge in [-0.05, 0) is 69.9 Å². The van der Waals surface area contributed by atoms with Crippen LogP contribution in [0.25, 0.3) is 0 Å². The second-order valence-corrected chi connectivity index (χ2v) is 15.2. The molecule has 0 saturated heterocycles. The predicted octanol–water partition coefficient (Wildman–Crippen LogP) is 10.6. The third-order valence-corrected chi connectivity index (χ3v) is 7.35. The second-order valence-electron chi connectivity index (χ2n) is 15.2. The SMILES string of the molecule is C/C(=N\c1c(C(C)(C)C)cccc1C(C)(C)C)c1cccc(/C(C)=N/c2c(C(C)(C)C)cccc2C(C)(C)C)n1. The smallest absolute Gasteiger partial charge is 0.0849 e. The minimum atomic E-state index is -0.0237. The molecule has 2 aromatic carbocycles. The van der Waals surface area contributed by atoms with Crippen molar-refractivity contribution in [1.82, 2.24) is 4.98 Å². The van der Waals surface area contributed by atoms with Gasteiger partial charge in [0.25, 0.3) is 0 Å². The molecule has 3 rings (SSSR count). The van der Waals surface area contributed by atoms with Crippen LogP contribution >= 0.6 is 0 Å². The van der Waals surface area contributed by atoms with E-state index in [9.17, 15) is 0 Å². The van der Waals surface area contributed by atoms with Crippen LogP contribution in [0.5, 0.6) is 0 Å². The van der Waals surface area contributed by atoms with Gasteiger partial charge in [-0.1, -0.05) is 126 Å². The summed E-state index contributed by atoms with van der Waals surface area (Å²) in [6.45, 7) is 31.2. The lowest BCUT2D eigenvalue weighted by molar-refractivity contribution is 0.570. The zero-order valence-corrected chi connectivity index (χ0v) is 27.5. The number of pyridine rings is 1. The molecular formula is C37H51N3. The highest BCUT2D eigenvalue weighted by atomic mass is 14.8. The zero-order valence-electron chi connectivity index (χ0n) is 27.5. The summed E-state index contributed by atoms with van der Waals surface area (Å²) >= 11 is 0. The Morgan fingerprint density at radius 1 is 0.450 bits per heavy atom. The summed E-state index contributed by atoms with van der Waals surface area (Å²) in [4.78, 5) is 15.6. The van der Waals surface area contributed by atoms with E-state index >= 15 is 0 Å². The Kier molecular flexibility index (Phi) is 8.71. The molecule has 0 aliphatic heterocycles. The van der Waals surface area contributed by atoms with Gasteiger partial charge in [0.05, 0.1) is 34.2 Å². The van der Waals surface area contributed by atoms with Crippen molar-refractivity contribution in [2.24, 2.45) is 9.98 Å². The summed E-state index contributed by atoms with van der Waals surface area (Å²) in [6, 6.07) is 19.3. The molecule has 1 aromatic heterocycles. The van der Waals surface area contributed by atoms with E-state index in [-0.39, 0.29) is 21.7 Å². The molecule has 0 aliphatic carbocycles. The van der Waals surface area contributed by atoms with Gasteiger partial charge >= 0.3 is 0 Å². The first-order valence-electron chi connectivity index (χ1n) is 14.6. The lowest BCUT2D eigenvalue weighted by atomic mass is 9.79. The maximum absolute atomic E-state index is 5.25. The van der Waals surface area contributed by atoms with Gasteiger partial charge in [-0.3, -0.25) is 9.98 Å². The van der Waals surface area contributed by atoms with E-state index in [4.69, 9.17) is 15.0 Å². The lowest BCUT2D eigenvalue weighted by Gasteiger charge is -2.28. The molecular weight excluding hydrogens is 486 g/mol. The highest BCUT2D eigenvalue weighted by molar-refractivity contribution is 6.02. The van der Waals surface area contributed by atoms with E-state index < -0.39 is 0 Å². The van der Waals surface area contributed by atoms with E-state index in [0.29, 0.717) is 0 Å². The molecule has 0 fully saturated rings. The van der Waals surface area contributed by atoms with Crippen molar-refractivity contribution in [3.8, 4) is 0 Å². The molecule has 0 amide bonds. The van der Waals surface area contributed by atoms with Gasteiger partial charge < -0.3 is 0 Å². The van der Waals surface area contributed by atoms with Crippen molar-refractivity contribution in [2.75, 3.05) is 0 Å². The third kappa shape index (κ3) is 7.16. The zero-order chi connectivity index (χ0) is 30.3. The van der Waals surface area contributed by atoms with Crippen LogP contribution in [-0.2, 0) is 21.7 Å². The Morgan fingerprint density at radius 2 is 0.700 bits per heavy atom. The summed E-state index contributed by atoms with van der Waals surface area (Å²) in [6.07, 6.45) is 0. The number of benzene rings is 2. The molecule has 0 N–H and O–H groups in total. The quantitative estimate of drug-likeness (QED) is 0.305. The fourth-order valence-electron chi connectivity index (χ4n) is 5.04. The summed E-state index contributed by atoms with van der Waals surface area (Å²) < 4.78 is 0. The number of rotatable bonds is 4. The minimum absolute atomic E-state index is 0.0237. The molecule has 3 heteroatoms. The van der Waals surface area contributed by atoms with Gasteiger partial charge in [0, 0.05) is 0 Å².